The predicted octanol–water partition coefficient (Wildman–Crippen LogP) is 8.43. The zero-order chi connectivity index (χ0) is 21.5. The second-order valence-electron chi connectivity index (χ2n) is 12.6. The third kappa shape index (κ3) is 3.95. The van der Waals surface area contributed by atoms with Crippen LogP contribution in [-0.4, -0.2) is 12.7 Å². The van der Waals surface area contributed by atoms with Crippen molar-refractivity contribution in [3.63, 3.8) is 0 Å². The van der Waals surface area contributed by atoms with Gasteiger partial charge in [-0.2, -0.15) is 0 Å². The van der Waals surface area contributed by atoms with Crippen LogP contribution in [-0.2, 0) is 4.74 Å². The van der Waals surface area contributed by atoms with Crippen LogP contribution in [0.5, 0.6) is 0 Å². The Morgan fingerprint density at radius 1 is 1.00 bits per heavy atom. The third-order valence-corrected chi connectivity index (χ3v) is 10.7. The molecule has 0 radical (unpaired) electrons. The van der Waals surface area contributed by atoms with E-state index in [1.807, 2.05) is 0 Å². The summed E-state index contributed by atoms with van der Waals surface area (Å²) in [5.74, 6) is 5.63. The second kappa shape index (κ2) is 8.92. The Morgan fingerprint density at radius 3 is 2.53 bits per heavy atom. The summed E-state index contributed by atoms with van der Waals surface area (Å²) in [5.41, 5.74) is 2.86. The highest BCUT2D eigenvalue weighted by Crippen LogP contribution is 2.67. The molecule has 3 saturated carbocycles. The van der Waals surface area contributed by atoms with Crippen molar-refractivity contribution in [2.75, 3.05) is 6.61 Å². The zero-order valence-electron chi connectivity index (χ0n) is 21.0. The molecule has 2 unspecified atom stereocenters. The van der Waals surface area contributed by atoms with Gasteiger partial charge in [0, 0.05) is 6.61 Å². The molecule has 0 aromatic carbocycles. The summed E-state index contributed by atoms with van der Waals surface area (Å²) >= 11 is 0. The van der Waals surface area contributed by atoms with Gasteiger partial charge in [0.1, 0.15) is 0 Å². The molecule has 3 fully saturated rings. The number of rotatable bonds is 7. The van der Waals surface area contributed by atoms with Gasteiger partial charge in [0.25, 0.3) is 0 Å². The Labute approximate surface area is 187 Å². The number of ether oxygens (including phenoxy) is 1. The van der Waals surface area contributed by atoms with Crippen LogP contribution in [0.15, 0.2) is 11.6 Å². The van der Waals surface area contributed by atoms with Gasteiger partial charge in [0.05, 0.1) is 6.10 Å². The monoisotopic (exact) mass is 414 g/mol. The maximum atomic E-state index is 6.04. The fraction of sp³-hybridized carbons (Fsp3) is 0.931. The van der Waals surface area contributed by atoms with E-state index in [-0.39, 0.29) is 0 Å². The van der Waals surface area contributed by atoms with Crippen molar-refractivity contribution in [1.82, 2.24) is 0 Å². The molecule has 1 nitrogen and oxygen atoms in total. The van der Waals surface area contributed by atoms with Crippen LogP contribution in [0.1, 0.15) is 112 Å². The predicted molar refractivity (Wildman–Crippen MR) is 128 cm³/mol. The summed E-state index contributed by atoms with van der Waals surface area (Å²) in [5, 5.41) is 0. The fourth-order valence-electron chi connectivity index (χ4n) is 9.03. The maximum Gasteiger partial charge on any atom is 0.0612 e. The standard InChI is InChI=1S/C29H50O/c1-7-30-23-15-17-28(5)22(19-23)11-12-24-26-14-13-25(21(4)10-8-9-20(2)3)29(26,6)18-16-27(24)28/h11,20-21,23-27H,7-10,12-19H2,1-6H3/t21-,23+,24+,25-,26?,27?,28+,29-/m1/s1. The summed E-state index contributed by atoms with van der Waals surface area (Å²) in [6, 6.07) is 0. The summed E-state index contributed by atoms with van der Waals surface area (Å²) in [7, 11) is 0. The Morgan fingerprint density at radius 2 is 1.80 bits per heavy atom. The molecule has 0 aliphatic heterocycles. The van der Waals surface area contributed by atoms with Crippen LogP contribution in [0.3, 0.4) is 0 Å². The van der Waals surface area contributed by atoms with Crippen molar-refractivity contribution < 1.29 is 4.74 Å². The molecule has 4 aliphatic carbocycles. The first-order valence-electron chi connectivity index (χ1n) is 13.6. The average Bonchev–Trinajstić information content (AvgIpc) is 3.05. The average molecular weight is 415 g/mol. The zero-order valence-corrected chi connectivity index (χ0v) is 21.0. The van der Waals surface area contributed by atoms with Crippen molar-refractivity contribution >= 4 is 0 Å². The Balaban J connectivity index is 1.47. The van der Waals surface area contributed by atoms with E-state index in [4.69, 9.17) is 4.74 Å². The summed E-state index contributed by atoms with van der Waals surface area (Å²) in [4.78, 5) is 0. The SMILES string of the molecule is CCO[C@H]1CC[C@@]2(C)C(=CC[C@@H]3C2CC[C@@]2(C)C3CC[C@@H]2[C@H](C)CCCC(C)C)C1. The molecule has 8 atom stereocenters. The van der Waals surface area contributed by atoms with Gasteiger partial charge in [-0.05, 0) is 105 Å². The first kappa shape index (κ1) is 22.9. The minimum atomic E-state index is 0.471. The smallest absolute Gasteiger partial charge is 0.0612 e. The lowest BCUT2D eigenvalue weighted by molar-refractivity contribution is -0.0630. The van der Waals surface area contributed by atoms with Gasteiger partial charge in [-0.1, -0.05) is 65.5 Å². The Hall–Kier alpha value is -0.300. The third-order valence-electron chi connectivity index (χ3n) is 10.7. The molecular weight excluding hydrogens is 364 g/mol. The van der Waals surface area contributed by atoms with Gasteiger partial charge in [-0.15, -0.1) is 0 Å². The lowest BCUT2D eigenvalue weighted by atomic mass is 9.47. The molecule has 4 aliphatic rings. The number of fused-ring (bicyclic) bond motifs is 5. The topological polar surface area (TPSA) is 9.23 Å². The lowest BCUT2D eigenvalue weighted by Crippen LogP contribution is -2.51. The number of hydrogen-bond acceptors (Lipinski definition) is 1. The maximum absolute atomic E-state index is 6.04. The molecule has 0 N–H and O–H groups in total. The second-order valence-corrected chi connectivity index (χ2v) is 12.6. The molecule has 172 valence electrons. The van der Waals surface area contributed by atoms with Crippen LogP contribution >= 0.6 is 0 Å². The van der Waals surface area contributed by atoms with Gasteiger partial charge < -0.3 is 4.74 Å². The van der Waals surface area contributed by atoms with E-state index in [9.17, 15) is 0 Å². The minimum Gasteiger partial charge on any atom is -0.378 e. The highest BCUT2D eigenvalue weighted by atomic mass is 16.5. The molecule has 4 rings (SSSR count). The van der Waals surface area contributed by atoms with Gasteiger partial charge in [-0.25, -0.2) is 0 Å². The Kier molecular flexibility index (Phi) is 6.80. The highest BCUT2D eigenvalue weighted by Gasteiger charge is 2.59. The van der Waals surface area contributed by atoms with E-state index in [0.29, 0.717) is 16.9 Å². The number of hydrogen-bond donors (Lipinski definition) is 0. The quantitative estimate of drug-likeness (QED) is 0.380. The van der Waals surface area contributed by atoms with Gasteiger partial charge in [0.2, 0.25) is 0 Å². The summed E-state index contributed by atoms with van der Waals surface area (Å²) in [6.07, 6.45) is 18.7. The van der Waals surface area contributed by atoms with Crippen LogP contribution < -0.4 is 0 Å². The van der Waals surface area contributed by atoms with Crippen LogP contribution in [0.2, 0.25) is 0 Å². The number of allylic oxidation sites excluding steroid dienone is 1. The van der Waals surface area contributed by atoms with Gasteiger partial charge >= 0.3 is 0 Å². The first-order valence-corrected chi connectivity index (χ1v) is 13.6. The molecule has 0 aromatic heterocycles. The molecule has 0 aromatic rings. The Bertz CT molecular complexity index is 620. The van der Waals surface area contributed by atoms with Crippen molar-refractivity contribution in [2.24, 2.45) is 46.3 Å². The van der Waals surface area contributed by atoms with E-state index in [1.54, 1.807) is 5.57 Å². The van der Waals surface area contributed by atoms with Crippen molar-refractivity contribution in [2.45, 2.75) is 118 Å². The first-order chi connectivity index (χ1) is 14.3. The van der Waals surface area contributed by atoms with Crippen molar-refractivity contribution in [3.05, 3.63) is 11.6 Å². The van der Waals surface area contributed by atoms with E-state index in [2.05, 4.69) is 47.6 Å². The van der Waals surface area contributed by atoms with E-state index in [0.717, 1.165) is 42.1 Å². The van der Waals surface area contributed by atoms with E-state index < -0.39 is 0 Å². The normalized spacial score (nSPS) is 44.2. The fourth-order valence-corrected chi connectivity index (χ4v) is 9.03. The van der Waals surface area contributed by atoms with Gasteiger partial charge in [-0.3, -0.25) is 0 Å². The molecule has 0 amide bonds. The summed E-state index contributed by atoms with van der Waals surface area (Å²) in [6.45, 7) is 15.7. The molecular formula is C29H50O. The van der Waals surface area contributed by atoms with E-state index in [1.165, 1.54) is 70.6 Å². The molecule has 30 heavy (non-hydrogen) atoms. The molecule has 1 heteroatoms. The molecule has 0 heterocycles. The van der Waals surface area contributed by atoms with Crippen LogP contribution in [0.25, 0.3) is 0 Å². The summed E-state index contributed by atoms with van der Waals surface area (Å²) < 4.78 is 6.04. The highest BCUT2D eigenvalue weighted by molar-refractivity contribution is 5.25. The van der Waals surface area contributed by atoms with E-state index >= 15 is 0 Å². The van der Waals surface area contributed by atoms with Crippen LogP contribution in [0, 0.1) is 46.3 Å². The minimum absolute atomic E-state index is 0.471. The molecule has 0 bridgehead atoms. The van der Waals surface area contributed by atoms with Gasteiger partial charge in [0.15, 0.2) is 0 Å². The van der Waals surface area contributed by atoms with Crippen LogP contribution in [0.4, 0.5) is 0 Å². The molecule has 0 saturated heterocycles. The van der Waals surface area contributed by atoms with Crippen molar-refractivity contribution in [3.8, 4) is 0 Å². The lowest BCUT2D eigenvalue weighted by Gasteiger charge is -2.58. The molecule has 0 spiro atoms. The largest absolute Gasteiger partial charge is 0.378 e. The van der Waals surface area contributed by atoms with Crippen molar-refractivity contribution in [1.29, 1.82) is 0 Å².